The number of aryl methyl sites for hydroxylation is 1. The van der Waals surface area contributed by atoms with E-state index in [1.807, 2.05) is 51.2 Å². The summed E-state index contributed by atoms with van der Waals surface area (Å²) in [6, 6.07) is 7.37. The van der Waals surface area contributed by atoms with Crippen LogP contribution in [0.2, 0.25) is 5.02 Å². The van der Waals surface area contributed by atoms with Crippen molar-refractivity contribution in [3.63, 3.8) is 0 Å². The van der Waals surface area contributed by atoms with Gasteiger partial charge in [-0.2, -0.15) is 0 Å². The van der Waals surface area contributed by atoms with Crippen LogP contribution in [0.1, 0.15) is 23.7 Å². The fraction of sp³-hybridized carbons (Fsp3) is 0.412. The molecule has 0 saturated heterocycles. The van der Waals surface area contributed by atoms with E-state index in [1.165, 1.54) is 0 Å². The summed E-state index contributed by atoms with van der Waals surface area (Å²) >= 11 is 7.54. The zero-order valence-electron chi connectivity index (χ0n) is 14.2. The van der Waals surface area contributed by atoms with Crippen molar-refractivity contribution in [3.8, 4) is 5.75 Å². The SMILES string of the molecule is CCNC(=NCc1cnc(C)s1)NCC(C)Oc1ccc(Cl)cc1. The van der Waals surface area contributed by atoms with E-state index < -0.39 is 0 Å². The van der Waals surface area contributed by atoms with Crippen LogP contribution in [0.5, 0.6) is 5.75 Å². The van der Waals surface area contributed by atoms with Crippen LogP contribution in [-0.2, 0) is 6.54 Å². The van der Waals surface area contributed by atoms with E-state index in [1.54, 1.807) is 11.3 Å². The maximum absolute atomic E-state index is 5.88. The average molecular weight is 367 g/mol. The second-order valence-corrected chi connectivity index (χ2v) is 7.06. The number of aliphatic imine (C=N–C) groups is 1. The summed E-state index contributed by atoms with van der Waals surface area (Å²) in [5.74, 6) is 1.57. The Labute approximate surface area is 152 Å². The van der Waals surface area contributed by atoms with E-state index in [4.69, 9.17) is 16.3 Å². The summed E-state index contributed by atoms with van der Waals surface area (Å²) < 4.78 is 5.85. The lowest BCUT2D eigenvalue weighted by Gasteiger charge is -2.17. The molecule has 2 aromatic rings. The van der Waals surface area contributed by atoms with Gasteiger partial charge in [0.05, 0.1) is 18.1 Å². The van der Waals surface area contributed by atoms with Crippen molar-refractivity contribution in [3.05, 3.63) is 45.4 Å². The van der Waals surface area contributed by atoms with Gasteiger partial charge in [-0.1, -0.05) is 11.6 Å². The van der Waals surface area contributed by atoms with Crippen molar-refractivity contribution in [1.29, 1.82) is 0 Å². The molecular weight excluding hydrogens is 344 g/mol. The van der Waals surface area contributed by atoms with E-state index in [-0.39, 0.29) is 6.10 Å². The molecule has 1 aromatic heterocycles. The van der Waals surface area contributed by atoms with Crippen molar-refractivity contribution in [2.75, 3.05) is 13.1 Å². The van der Waals surface area contributed by atoms with Crippen LogP contribution in [0, 0.1) is 6.92 Å². The number of hydrogen-bond acceptors (Lipinski definition) is 4. The number of hydrogen-bond donors (Lipinski definition) is 2. The molecule has 0 saturated carbocycles. The van der Waals surface area contributed by atoms with Gasteiger partial charge in [0.15, 0.2) is 5.96 Å². The minimum Gasteiger partial charge on any atom is -0.489 e. The van der Waals surface area contributed by atoms with Crippen molar-refractivity contribution in [2.45, 2.75) is 33.4 Å². The molecule has 0 aliphatic heterocycles. The smallest absolute Gasteiger partial charge is 0.191 e. The van der Waals surface area contributed by atoms with Crippen molar-refractivity contribution >= 4 is 28.9 Å². The van der Waals surface area contributed by atoms with Crippen LogP contribution in [0.3, 0.4) is 0 Å². The summed E-state index contributed by atoms with van der Waals surface area (Å²) in [4.78, 5) is 9.97. The van der Waals surface area contributed by atoms with E-state index in [9.17, 15) is 0 Å². The van der Waals surface area contributed by atoms with Gasteiger partial charge in [-0.3, -0.25) is 0 Å². The van der Waals surface area contributed by atoms with E-state index in [2.05, 4.69) is 20.6 Å². The molecule has 2 N–H and O–H groups in total. The Morgan fingerprint density at radius 1 is 1.33 bits per heavy atom. The van der Waals surface area contributed by atoms with Gasteiger partial charge in [0.25, 0.3) is 0 Å². The van der Waals surface area contributed by atoms with Crippen molar-refractivity contribution in [2.24, 2.45) is 4.99 Å². The molecule has 7 heteroatoms. The van der Waals surface area contributed by atoms with Gasteiger partial charge < -0.3 is 15.4 Å². The van der Waals surface area contributed by atoms with Crippen LogP contribution in [-0.4, -0.2) is 30.1 Å². The first-order valence-electron chi connectivity index (χ1n) is 7.92. The lowest BCUT2D eigenvalue weighted by molar-refractivity contribution is 0.224. The monoisotopic (exact) mass is 366 g/mol. The number of guanidine groups is 1. The average Bonchev–Trinajstić information content (AvgIpc) is 2.98. The third kappa shape index (κ3) is 6.37. The Morgan fingerprint density at radius 2 is 2.08 bits per heavy atom. The largest absolute Gasteiger partial charge is 0.489 e. The molecule has 1 aromatic carbocycles. The number of ether oxygens (including phenoxy) is 1. The molecule has 0 fully saturated rings. The Kier molecular flexibility index (Phi) is 7.34. The Balaban J connectivity index is 1.84. The standard InChI is InChI=1S/C17H23ClN4OS/c1-4-19-17(22-11-16-10-20-13(3)24-16)21-9-12(2)23-15-7-5-14(18)6-8-15/h5-8,10,12H,4,9,11H2,1-3H3,(H2,19,21,22). The summed E-state index contributed by atoms with van der Waals surface area (Å²) in [5.41, 5.74) is 0. The van der Waals surface area contributed by atoms with Gasteiger partial charge in [0.1, 0.15) is 11.9 Å². The lowest BCUT2D eigenvalue weighted by Crippen LogP contribution is -2.41. The second-order valence-electron chi connectivity index (χ2n) is 5.30. The minimum absolute atomic E-state index is 0.000630. The molecule has 2 rings (SSSR count). The third-order valence-corrected chi connectivity index (χ3v) is 4.26. The number of nitrogens with zero attached hydrogens (tertiary/aromatic N) is 2. The minimum atomic E-state index is 0.000630. The van der Waals surface area contributed by atoms with Gasteiger partial charge in [-0.05, 0) is 45.0 Å². The van der Waals surface area contributed by atoms with E-state index in [0.717, 1.165) is 28.1 Å². The lowest BCUT2D eigenvalue weighted by atomic mass is 10.3. The molecule has 0 aliphatic carbocycles. The highest BCUT2D eigenvalue weighted by Crippen LogP contribution is 2.16. The third-order valence-electron chi connectivity index (χ3n) is 3.11. The van der Waals surface area contributed by atoms with Gasteiger partial charge in [-0.25, -0.2) is 9.98 Å². The molecule has 0 bridgehead atoms. The Morgan fingerprint density at radius 3 is 2.71 bits per heavy atom. The first-order chi connectivity index (χ1) is 11.6. The number of rotatable bonds is 7. The van der Waals surface area contributed by atoms with Gasteiger partial charge in [0, 0.05) is 22.6 Å². The predicted molar refractivity (Wildman–Crippen MR) is 101 cm³/mol. The maximum atomic E-state index is 5.88. The van der Waals surface area contributed by atoms with Gasteiger partial charge >= 0.3 is 0 Å². The van der Waals surface area contributed by atoms with Gasteiger partial charge in [-0.15, -0.1) is 11.3 Å². The molecule has 130 valence electrons. The molecule has 0 radical (unpaired) electrons. The number of aromatic nitrogens is 1. The predicted octanol–water partition coefficient (Wildman–Crippen LogP) is 3.63. The molecule has 0 aliphatic rings. The zero-order valence-corrected chi connectivity index (χ0v) is 15.7. The molecule has 1 heterocycles. The fourth-order valence-corrected chi connectivity index (χ4v) is 2.85. The maximum Gasteiger partial charge on any atom is 0.191 e. The summed E-state index contributed by atoms with van der Waals surface area (Å²) in [6.45, 7) is 8.12. The number of nitrogens with one attached hydrogen (secondary N) is 2. The normalized spacial score (nSPS) is 12.8. The zero-order chi connectivity index (χ0) is 17.4. The van der Waals surface area contributed by atoms with Crippen LogP contribution in [0.4, 0.5) is 0 Å². The first kappa shape index (κ1) is 18.5. The summed E-state index contributed by atoms with van der Waals surface area (Å²) in [5, 5.41) is 8.30. The van der Waals surface area contributed by atoms with Gasteiger partial charge in [0.2, 0.25) is 0 Å². The van der Waals surface area contributed by atoms with Crippen LogP contribution >= 0.6 is 22.9 Å². The quantitative estimate of drug-likeness (QED) is 0.580. The summed E-state index contributed by atoms with van der Waals surface area (Å²) in [6.07, 6.45) is 1.87. The van der Waals surface area contributed by atoms with E-state index in [0.29, 0.717) is 18.1 Å². The van der Waals surface area contributed by atoms with Crippen LogP contribution in [0.25, 0.3) is 0 Å². The number of thiazole rings is 1. The highest BCUT2D eigenvalue weighted by molar-refractivity contribution is 7.11. The molecule has 24 heavy (non-hydrogen) atoms. The summed E-state index contributed by atoms with van der Waals surface area (Å²) in [7, 11) is 0. The first-order valence-corrected chi connectivity index (χ1v) is 9.12. The topological polar surface area (TPSA) is 58.5 Å². The highest BCUT2D eigenvalue weighted by atomic mass is 35.5. The fourth-order valence-electron chi connectivity index (χ4n) is 2.00. The van der Waals surface area contributed by atoms with Crippen molar-refractivity contribution in [1.82, 2.24) is 15.6 Å². The van der Waals surface area contributed by atoms with Crippen LogP contribution < -0.4 is 15.4 Å². The molecular formula is C17H23ClN4OS. The number of halogens is 1. The molecule has 5 nitrogen and oxygen atoms in total. The van der Waals surface area contributed by atoms with E-state index >= 15 is 0 Å². The molecule has 1 atom stereocenters. The van der Waals surface area contributed by atoms with Crippen molar-refractivity contribution < 1.29 is 4.74 Å². The molecule has 0 amide bonds. The molecule has 1 unspecified atom stereocenters. The number of benzene rings is 1. The Bertz CT molecular complexity index is 657. The highest BCUT2D eigenvalue weighted by Gasteiger charge is 2.06. The second kappa shape index (κ2) is 9.49. The molecule has 0 spiro atoms. The Hall–Kier alpha value is -1.79. The van der Waals surface area contributed by atoms with Crippen LogP contribution in [0.15, 0.2) is 35.5 Å².